The van der Waals surface area contributed by atoms with Crippen LogP contribution in [0.1, 0.15) is 5.56 Å². The fourth-order valence-electron chi connectivity index (χ4n) is 3.03. The fourth-order valence-corrected chi connectivity index (χ4v) is 3.03. The average Bonchev–Trinajstić information content (AvgIpc) is 2.72. The van der Waals surface area contributed by atoms with Gasteiger partial charge in [-0.05, 0) is 17.7 Å². The van der Waals surface area contributed by atoms with Gasteiger partial charge in [0.25, 0.3) is 0 Å². The van der Waals surface area contributed by atoms with Crippen molar-refractivity contribution in [3.63, 3.8) is 0 Å². The van der Waals surface area contributed by atoms with Gasteiger partial charge in [0.15, 0.2) is 0 Å². The van der Waals surface area contributed by atoms with Crippen LogP contribution in [-0.4, -0.2) is 61.7 Å². The first-order chi connectivity index (χ1) is 13.7. The molecule has 6 heteroatoms. The van der Waals surface area contributed by atoms with Crippen molar-refractivity contribution in [2.45, 2.75) is 0 Å². The van der Waals surface area contributed by atoms with Crippen LogP contribution in [0, 0.1) is 5.82 Å². The summed E-state index contributed by atoms with van der Waals surface area (Å²) in [5.41, 5.74) is 1.20. The maximum atomic E-state index is 13.1. The molecule has 2 aromatic rings. The number of urea groups is 1. The van der Waals surface area contributed by atoms with Crippen LogP contribution in [0.5, 0.6) is 5.75 Å². The maximum Gasteiger partial charge on any atom is 0.317 e. The summed E-state index contributed by atoms with van der Waals surface area (Å²) in [6.07, 6.45) is 4.28. The molecule has 1 saturated heterocycles. The minimum Gasteiger partial charge on any atom is -0.492 e. The highest BCUT2D eigenvalue weighted by Gasteiger charge is 2.19. The molecular formula is C22H26FN3O2. The van der Waals surface area contributed by atoms with Crippen molar-refractivity contribution in [1.29, 1.82) is 0 Å². The molecule has 1 heterocycles. The molecule has 3 rings (SSSR count). The Morgan fingerprint density at radius 2 is 1.86 bits per heavy atom. The van der Waals surface area contributed by atoms with Crippen LogP contribution >= 0.6 is 0 Å². The van der Waals surface area contributed by atoms with Gasteiger partial charge in [-0.3, -0.25) is 4.90 Å². The molecule has 0 spiro atoms. The number of nitrogens with one attached hydrogen (secondary N) is 1. The monoisotopic (exact) mass is 383 g/mol. The Bertz CT molecular complexity index is 774. The van der Waals surface area contributed by atoms with E-state index in [4.69, 9.17) is 4.74 Å². The van der Waals surface area contributed by atoms with Crippen molar-refractivity contribution >= 4 is 12.1 Å². The molecule has 0 aliphatic carbocycles. The number of benzene rings is 2. The van der Waals surface area contributed by atoms with E-state index >= 15 is 0 Å². The molecule has 148 valence electrons. The smallest absolute Gasteiger partial charge is 0.317 e. The van der Waals surface area contributed by atoms with Gasteiger partial charge < -0.3 is 15.0 Å². The Labute approximate surface area is 165 Å². The molecule has 1 N–H and O–H groups in total. The van der Waals surface area contributed by atoms with Crippen LogP contribution in [0.2, 0.25) is 0 Å². The molecule has 28 heavy (non-hydrogen) atoms. The van der Waals surface area contributed by atoms with Crippen LogP contribution < -0.4 is 10.1 Å². The molecular weight excluding hydrogens is 357 g/mol. The van der Waals surface area contributed by atoms with E-state index in [0.717, 1.165) is 19.6 Å². The van der Waals surface area contributed by atoms with E-state index in [1.807, 2.05) is 23.1 Å². The highest BCUT2D eigenvalue weighted by molar-refractivity contribution is 5.74. The predicted octanol–water partition coefficient (Wildman–Crippen LogP) is 3.25. The van der Waals surface area contributed by atoms with Gasteiger partial charge in [0, 0.05) is 38.8 Å². The van der Waals surface area contributed by atoms with Gasteiger partial charge in [-0.2, -0.15) is 0 Å². The van der Waals surface area contributed by atoms with Crippen molar-refractivity contribution in [3.05, 3.63) is 72.1 Å². The van der Waals surface area contributed by atoms with Crippen LogP contribution in [0.15, 0.2) is 60.7 Å². The topological polar surface area (TPSA) is 44.8 Å². The van der Waals surface area contributed by atoms with Crippen LogP contribution in [0.25, 0.3) is 6.08 Å². The Kier molecular flexibility index (Phi) is 7.44. The molecule has 0 aromatic heterocycles. The first-order valence-electron chi connectivity index (χ1n) is 9.56. The number of halogens is 1. The van der Waals surface area contributed by atoms with Gasteiger partial charge in [0.1, 0.15) is 18.2 Å². The highest BCUT2D eigenvalue weighted by Crippen LogP contribution is 2.11. The summed E-state index contributed by atoms with van der Waals surface area (Å²) in [6, 6.07) is 16.1. The first kappa shape index (κ1) is 19.9. The number of carbonyl (C=O) groups is 1. The van der Waals surface area contributed by atoms with E-state index in [0.29, 0.717) is 32.0 Å². The summed E-state index contributed by atoms with van der Waals surface area (Å²) in [6.45, 7) is 4.69. The van der Waals surface area contributed by atoms with Crippen LogP contribution in [0.3, 0.4) is 0 Å². The zero-order valence-corrected chi connectivity index (χ0v) is 15.9. The van der Waals surface area contributed by atoms with Gasteiger partial charge >= 0.3 is 6.03 Å². The van der Waals surface area contributed by atoms with Gasteiger partial charge in [-0.1, -0.05) is 48.6 Å². The van der Waals surface area contributed by atoms with Crippen molar-refractivity contribution in [2.24, 2.45) is 0 Å². The third kappa shape index (κ3) is 6.39. The predicted molar refractivity (Wildman–Crippen MR) is 109 cm³/mol. The SMILES string of the molecule is O=C(NCCOc1cccc(F)c1)N1CCN(C/C=C/c2ccccc2)CC1. The van der Waals surface area contributed by atoms with Gasteiger partial charge in [-0.15, -0.1) is 0 Å². The number of rotatable bonds is 7. The lowest BCUT2D eigenvalue weighted by Gasteiger charge is -2.34. The summed E-state index contributed by atoms with van der Waals surface area (Å²) in [5, 5.41) is 2.85. The van der Waals surface area contributed by atoms with Crippen LogP contribution in [-0.2, 0) is 0 Å². The molecule has 1 fully saturated rings. The second-order valence-electron chi connectivity index (χ2n) is 6.64. The van der Waals surface area contributed by atoms with Crippen molar-refractivity contribution in [2.75, 3.05) is 45.9 Å². The van der Waals surface area contributed by atoms with E-state index in [2.05, 4.69) is 34.5 Å². The Morgan fingerprint density at radius 3 is 2.61 bits per heavy atom. The lowest BCUT2D eigenvalue weighted by atomic mass is 10.2. The maximum absolute atomic E-state index is 13.1. The zero-order valence-electron chi connectivity index (χ0n) is 15.9. The number of nitrogens with zero attached hydrogens (tertiary/aromatic N) is 2. The Balaban J connectivity index is 1.30. The zero-order chi connectivity index (χ0) is 19.6. The number of amides is 2. The molecule has 0 radical (unpaired) electrons. The summed E-state index contributed by atoms with van der Waals surface area (Å²) in [4.78, 5) is 16.4. The standard InChI is InChI=1S/C22H26FN3O2/c23-20-9-4-10-21(18-20)28-17-11-24-22(27)26-15-13-25(14-16-26)12-5-8-19-6-2-1-3-7-19/h1-10,18H,11-17H2,(H,24,27)/b8-5+. The lowest BCUT2D eigenvalue weighted by molar-refractivity contribution is 0.145. The molecule has 0 bridgehead atoms. The Morgan fingerprint density at radius 1 is 1.07 bits per heavy atom. The third-order valence-electron chi connectivity index (χ3n) is 4.58. The average molecular weight is 383 g/mol. The molecule has 0 unspecified atom stereocenters. The summed E-state index contributed by atoms with van der Waals surface area (Å²) < 4.78 is 18.5. The minimum absolute atomic E-state index is 0.0812. The molecule has 0 saturated carbocycles. The van der Waals surface area contributed by atoms with Gasteiger partial charge in [-0.25, -0.2) is 9.18 Å². The third-order valence-corrected chi connectivity index (χ3v) is 4.58. The van der Waals surface area contributed by atoms with E-state index < -0.39 is 0 Å². The van der Waals surface area contributed by atoms with Crippen molar-refractivity contribution in [1.82, 2.24) is 15.1 Å². The summed E-state index contributed by atoms with van der Waals surface area (Å²) >= 11 is 0. The van der Waals surface area contributed by atoms with E-state index in [9.17, 15) is 9.18 Å². The molecule has 5 nitrogen and oxygen atoms in total. The van der Waals surface area contributed by atoms with E-state index in [1.165, 1.54) is 17.7 Å². The van der Waals surface area contributed by atoms with E-state index in [-0.39, 0.29) is 11.8 Å². The summed E-state index contributed by atoms with van der Waals surface area (Å²) in [7, 11) is 0. The Hall–Kier alpha value is -2.86. The molecule has 1 aliphatic rings. The second kappa shape index (κ2) is 10.5. The van der Waals surface area contributed by atoms with Crippen molar-refractivity contribution in [3.8, 4) is 5.75 Å². The normalized spacial score (nSPS) is 15.0. The molecule has 0 atom stereocenters. The van der Waals surface area contributed by atoms with Crippen molar-refractivity contribution < 1.29 is 13.9 Å². The van der Waals surface area contributed by atoms with Gasteiger partial charge in [0.2, 0.25) is 0 Å². The van der Waals surface area contributed by atoms with Gasteiger partial charge in [0.05, 0.1) is 6.54 Å². The largest absolute Gasteiger partial charge is 0.492 e. The lowest BCUT2D eigenvalue weighted by Crippen LogP contribution is -2.52. The second-order valence-corrected chi connectivity index (χ2v) is 6.64. The first-order valence-corrected chi connectivity index (χ1v) is 9.56. The number of piperazine rings is 1. The number of ether oxygens (including phenoxy) is 1. The van der Waals surface area contributed by atoms with E-state index in [1.54, 1.807) is 12.1 Å². The molecule has 2 amide bonds. The summed E-state index contributed by atoms with van der Waals surface area (Å²) in [5.74, 6) is 0.129. The quantitative estimate of drug-likeness (QED) is 0.747. The molecule has 1 aliphatic heterocycles. The highest BCUT2D eigenvalue weighted by atomic mass is 19.1. The number of hydrogen-bond acceptors (Lipinski definition) is 3. The minimum atomic E-state index is -0.335. The fraction of sp³-hybridized carbons (Fsp3) is 0.318. The van der Waals surface area contributed by atoms with Crippen LogP contribution in [0.4, 0.5) is 9.18 Å². The molecule has 2 aromatic carbocycles. The number of hydrogen-bond donors (Lipinski definition) is 1. The number of carbonyl (C=O) groups excluding carboxylic acids is 1.